The summed E-state index contributed by atoms with van der Waals surface area (Å²) in [5, 5.41) is 13.4. The quantitative estimate of drug-likeness (QED) is 0.306. The zero-order valence-corrected chi connectivity index (χ0v) is 18.9. The number of aromatic nitrogens is 5. The molecule has 33 heavy (non-hydrogen) atoms. The van der Waals surface area contributed by atoms with Gasteiger partial charge >= 0.3 is 6.01 Å². The number of anilines is 3. The lowest BCUT2D eigenvalue weighted by atomic mass is 10.1. The Morgan fingerprint density at radius 2 is 1.97 bits per heavy atom. The summed E-state index contributed by atoms with van der Waals surface area (Å²) in [5.41, 5.74) is 2.94. The standard InChI is InChI=1S/C23H27N7O3/c1-4-10-24-21-26-22(25-20-14-17(29-30-20)18-6-5-11-32-18)28-23(27-21)33-12-9-16-8-7-15(2)19(13-16)31-3/h5-8,11,13-14H,4,9-10,12H2,1-3H3,(H3,24,25,26,27,28,29,30). The zero-order valence-electron chi connectivity index (χ0n) is 18.9. The maximum Gasteiger partial charge on any atom is 0.323 e. The van der Waals surface area contributed by atoms with Gasteiger partial charge in [-0.25, -0.2) is 0 Å². The topological polar surface area (TPSA) is 123 Å². The molecule has 0 radical (unpaired) electrons. The number of methoxy groups -OCH3 is 1. The van der Waals surface area contributed by atoms with Crippen molar-refractivity contribution in [2.24, 2.45) is 0 Å². The summed E-state index contributed by atoms with van der Waals surface area (Å²) in [6.45, 7) is 5.23. The van der Waals surface area contributed by atoms with Gasteiger partial charge in [0.05, 0.1) is 20.0 Å². The largest absolute Gasteiger partial charge is 0.496 e. The number of hydrogen-bond acceptors (Lipinski definition) is 9. The minimum Gasteiger partial charge on any atom is -0.496 e. The van der Waals surface area contributed by atoms with Crippen molar-refractivity contribution in [1.29, 1.82) is 0 Å². The van der Waals surface area contributed by atoms with Crippen LogP contribution in [-0.4, -0.2) is 45.4 Å². The highest BCUT2D eigenvalue weighted by atomic mass is 16.5. The van der Waals surface area contributed by atoms with E-state index < -0.39 is 0 Å². The van der Waals surface area contributed by atoms with Crippen LogP contribution in [0.4, 0.5) is 17.7 Å². The van der Waals surface area contributed by atoms with Crippen molar-refractivity contribution in [3.05, 3.63) is 53.8 Å². The highest BCUT2D eigenvalue weighted by molar-refractivity contribution is 5.60. The van der Waals surface area contributed by atoms with Gasteiger partial charge in [-0.05, 0) is 42.7 Å². The van der Waals surface area contributed by atoms with Crippen LogP contribution in [0, 0.1) is 6.92 Å². The average molecular weight is 450 g/mol. The van der Waals surface area contributed by atoms with E-state index in [1.54, 1.807) is 13.4 Å². The van der Waals surface area contributed by atoms with Crippen LogP contribution >= 0.6 is 0 Å². The third-order valence-electron chi connectivity index (χ3n) is 4.85. The van der Waals surface area contributed by atoms with Crippen LogP contribution < -0.4 is 20.1 Å². The molecule has 4 rings (SSSR count). The summed E-state index contributed by atoms with van der Waals surface area (Å²) in [7, 11) is 1.67. The van der Waals surface area contributed by atoms with Crippen molar-refractivity contribution in [3.63, 3.8) is 0 Å². The lowest BCUT2D eigenvalue weighted by Gasteiger charge is -2.10. The van der Waals surface area contributed by atoms with Crippen molar-refractivity contribution in [3.8, 4) is 23.2 Å². The molecular formula is C23H27N7O3. The van der Waals surface area contributed by atoms with Crippen molar-refractivity contribution in [2.75, 3.05) is 30.9 Å². The lowest BCUT2D eigenvalue weighted by Crippen LogP contribution is -2.11. The number of hydrogen-bond donors (Lipinski definition) is 3. The van der Waals surface area contributed by atoms with E-state index in [1.807, 2.05) is 37.3 Å². The molecule has 3 heterocycles. The number of aryl methyl sites for hydroxylation is 1. The Kier molecular flexibility index (Phi) is 7.03. The molecule has 0 aliphatic rings. The van der Waals surface area contributed by atoms with E-state index in [9.17, 15) is 0 Å². The molecule has 0 bridgehead atoms. The third kappa shape index (κ3) is 5.79. The normalized spacial score (nSPS) is 10.8. The predicted octanol–water partition coefficient (Wildman–Crippen LogP) is 4.36. The fourth-order valence-corrected chi connectivity index (χ4v) is 3.13. The lowest BCUT2D eigenvalue weighted by molar-refractivity contribution is 0.296. The van der Waals surface area contributed by atoms with Crippen LogP contribution in [0.25, 0.3) is 11.5 Å². The van der Waals surface area contributed by atoms with E-state index in [1.165, 1.54) is 0 Å². The Balaban J connectivity index is 1.45. The molecule has 0 spiro atoms. The molecule has 0 saturated carbocycles. The van der Waals surface area contributed by atoms with Gasteiger partial charge in [-0.2, -0.15) is 20.1 Å². The zero-order chi connectivity index (χ0) is 23.0. The van der Waals surface area contributed by atoms with Crippen molar-refractivity contribution >= 4 is 17.7 Å². The van der Waals surface area contributed by atoms with E-state index in [4.69, 9.17) is 13.9 Å². The molecule has 172 valence electrons. The van der Waals surface area contributed by atoms with Gasteiger partial charge in [-0.1, -0.05) is 19.1 Å². The first kappa shape index (κ1) is 22.1. The maximum atomic E-state index is 5.85. The molecule has 0 aliphatic carbocycles. The highest BCUT2D eigenvalue weighted by Gasteiger charge is 2.11. The number of aromatic amines is 1. The molecule has 1 aromatic carbocycles. The molecule has 0 amide bonds. The van der Waals surface area contributed by atoms with Crippen LogP contribution in [0.15, 0.2) is 47.1 Å². The van der Waals surface area contributed by atoms with Crippen molar-refractivity contribution in [2.45, 2.75) is 26.7 Å². The Bertz CT molecular complexity index is 1170. The second kappa shape index (κ2) is 10.5. The number of nitrogens with zero attached hydrogens (tertiary/aromatic N) is 4. The van der Waals surface area contributed by atoms with Gasteiger partial charge in [0.1, 0.15) is 11.4 Å². The molecule has 0 atom stereocenters. The summed E-state index contributed by atoms with van der Waals surface area (Å²) in [4.78, 5) is 13.2. The van der Waals surface area contributed by atoms with Gasteiger partial charge in [0.2, 0.25) is 11.9 Å². The van der Waals surface area contributed by atoms with E-state index >= 15 is 0 Å². The number of nitrogens with one attached hydrogen (secondary N) is 3. The number of furan rings is 1. The molecule has 4 aromatic rings. The maximum absolute atomic E-state index is 5.85. The minimum atomic E-state index is 0.229. The van der Waals surface area contributed by atoms with Crippen LogP contribution in [-0.2, 0) is 6.42 Å². The fraction of sp³-hybridized carbons (Fsp3) is 0.304. The predicted molar refractivity (Wildman–Crippen MR) is 125 cm³/mol. The number of H-pyrrole nitrogens is 1. The van der Waals surface area contributed by atoms with Crippen LogP contribution in [0.1, 0.15) is 24.5 Å². The summed E-state index contributed by atoms with van der Waals surface area (Å²) in [5.74, 6) is 2.86. The number of ether oxygens (including phenoxy) is 2. The van der Waals surface area contributed by atoms with Crippen LogP contribution in [0.2, 0.25) is 0 Å². The van der Waals surface area contributed by atoms with Crippen LogP contribution in [0.3, 0.4) is 0 Å². The summed E-state index contributed by atoms with van der Waals surface area (Å²) in [6.07, 6.45) is 3.23. The monoisotopic (exact) mass is 449 g/mol. The number of rotatable bonds is 11. The average Bonchev–Trinajstić information content (AvgIpc) is 3.51. The van der Waals surface area contributed by atoms with Crippen molar-refractivity contribution < 1.29 is 13.9 Å². The van der Waals surface area contributed by atoms with Gasteiger partial charge in [-0.3, -0.25) is 5.10 Å². The second-order valence-corrected chi connectivity index (χ2v) is 7.36. The molecule has 3 N–H and O–H groups in total. The number of benzene rings is 1. The molecule has 10 nitrogen and oxygen atoms in total. The Morgan fingerprint density at radius 3 is 2.76 bits per heavy atom. The smallest absolute Gasteiger partial charge is 0.323 e. The van der Waals surface area contributed by atoms with E-state index in [0.717, 1.165) is 35.5 Å². The van der Waals surface area contributed by atoms with Gasteiger partial charge in [0.25, 0.3) is 0 Å². The van der Waals surface area contributed by atoms with Gasteiger partial charge in [-0.15, -0.1) is 0 Å². The second-order valence-electron chi connectivity index (χ2n) is 7.36. The molecule has 0 fully saturated rings. The Morgan fingerprint density at radius 1 is 1.09 bits per heavy atom. The van der Waals surface area contributed by atoms with E-state index in [-0.39, 0.29) is 6.01 Å². The van der Waals surface area contributed by atoms with E-state index in [0.29, 0.717) is 36.5 Å². The molecular weight excluding hydrogens is 422 g/mol. The Hall–Kier alpha value is -4.08. The molecule has 10 heteroatoms. The molecule has 0 saturated heterocycles. The van der Waals surface area contributed by atoms with Crippen LogP contribution in [0.5, 0.6) is 11.8 Å². The fourth-order valence-electron chi connectivity index (χ4n) is 3.13. The summed E-state index contributed by atoms with van der Waals surface area (Å²) in [6, 6.07) is 11.8. The third-order valence-corrected chi connectivity index (χ3v) is 4.85. The first-order chi connectivity index (χ1) is 16.1. The minimum absolute atomic E-state index is 0.229. The van der Waals surface area contributed by atoms with Crippen molar-refractivity contribution in [1.82, 2.24) is 25.1 Å². The molecule has 0 aliphatic heterocycles. The van der Waals surface area contributed by atoms with Gasteiger partial charge < -0.3 is 24.5 Å². The SMILES string of the molecule is CCCNc1nc(Nc2cc(-c3ccco3)[nH]n2)nc(OCCc2ccc(C)c(OC)c2)n1. The first-order valence-corrected chi connectivity index (χ1v) is 10.8. The first-order valence-electron chi connectivity index (χ1n) is 10.8. The molecule has 3 aromatic heterocycles. The highest BCUT2D eigenvalue weighted by Crippen LogP contribution is 2.23. The van der Waals surface area contributed by atoms with Gasteiger partial charge in [0.15, 0.2) is 11.6 Å². The van der Waals surface area contributed by atoms with Gasteiger partial charge in [0, 0.05) is 19.0 Å². The summed E-state index contributed by atoms with van der Waals surface area (Å²) >= 11 is 0. The summed E-state index contributed by atoms with van der Waals surface area (Å²) < 4.78 is 16.6. The van der Waals surface area contributed by atoms with E-state index in [2.05, 4.69) is 48.8 Å². The molecule has 0 unspecified atom stereocenters. The Labute approximate surface area is 191 Å².